The highest BCUT2D eigenvalue weighted by atomic mass is 19.4. The van der Waals surface area contributed by atoms with E-state index >= 15 is 0 Å². The molecule has 2 fully saturated rings. The molecule has 0 radical (unpaired) electrons. The maximum Gasteiger partial charge on any atom is 0.490 e. The fourth-order valence-electron chi connectivity index (χ4n) is 4.12. The number of aromatic nitrogens is 1. The van der Waals surface area contributed by atoms with Gasteiger partial charge in [0.15, 0.2) is 0 Å². The van der Waals surface area contributed by atoms with Crippen molar-refractivity contribution < 1.29 is 60.0 Å². The second-order valence-corrected chi connectivity index (χ2v) is 9.41. The van der Waals surface area contributed by atoms with Crippen LogP contribution in [0.5, 0.6) is 0 Å². The van der Waals surface area contributed by atoms with Crippen molar-refractivity contribution in [3.05, 3.63) is 53.7 Å². The van der Waals surface area contributed by atoms with Gasteiger partial charge in [0, 0.05) is 12.4 Å². The predicted octanol–water partition coefficient (Wildman–Crippen LogP) is 4.84. The molecule has 2 aromatic heterocycles. The molecule has 0 aromatic carbocycles. The number of likely N-dealkylation sites (tertiary alicyclic amines) is 1. The first-order chi connectivity index (χ1) is 18.6. The zero-order valence-corrected chi connectivity index (χ0v) is 21.5. The Morgan fingerprint density at radius 1 is 1.07 bits per heavy atom. The number of pyridine rings is 1. The van der Waals surface area contributed by atoms with Crippen molar-refractivity contribution >= 4 is 11.9 Å². The lowest BCUT2D eigenvalue weighted by atomic mass is 9.76. The molecule has 0 amide bonds. The van der Waals surface area contributed by atoms with Crippen LogP contribution in [0.4, 0.5) is 26.3 Å². The molecule has 2 saturated heterocycles. The Kier molecular flexibility index (Phi) is 11.9. The smallest absolute Gasteiger partial charge is 0.475 e. The quantitative estimate of drug-likeness (QED) is 0.460. The molecule has 0 saturated carbocycles. The van der Waals surface area contributed by atoms with Crippen LogP contribution in [0, 0.1) is 12.3 Å². The fourth-order valence-corrected chi connectivity index (χ4v) is 4.12. The van der Waals surface area contributed by atoms with Gasteiger partial charge in [-0.05, 0) is 68.5 Å². The third-order valence-electron chi connectivity index (χ3n) is 6.16. The highest BCUT2D eigenvalue weighted by molar-refractivity contribution is 5.73. The first kappa shape index (κ1) is 33.0. The van der Waals surface area contributed by atoms with Gasteiger partial charge < -0.3 is 24.1 Å². The van der Waals surface area contributed by atoms with Gasteiger partial charge in [0.25, 0.3) is 0 Å². The highest BCUT2D eigenvalue weighted by Gasteiger charge is 2.42. The van der Waals surface area contributed by atoms with Crippen LogP contribution in [-0.2, 0) is 32.2 Å². The second-order valence-electron chi connectivity index (χ2n) is 9.41. The normalized spacial score (nSPS) is 18.8. The predicted molar refractivity (Wildman–Crippen MR) is 126 cm³/mol. The fraction of sp³-hybridized carbons (Fsp3) is 0.560. The lowest BCUT2D eigenvalue weighted by molar-refractivity contribution is -0.193. The summed E-state index contributed by atoms with van der Waals surface area (Å²) in [6.45, 7) is 7.31. The molecule has 1 unspecified atom stereocenters. The maximum absolute atomic E-state index is 10.6. The van der Waals surface area contributed by atoms with E-state index in [1.807, 2.05) is 31.3 Å². The lowest BCUT2D eigenvalue weighted by Gasteiger charge is -2.38. The summed E-state index contributed by atoms with van der Waals surface area (Å²) in [5, 5.41) is 14.2. The lowest BCUT2D eigenvalue weighted by Crippen LogP contribution is -2.40. The van der Waals surface area contributed by atoms with Crippen LogP contribution in [0.2, 0.25) is 0 Å². The van der Waals surface area contributed by atoms with E-state index in [4.69, 9.17) is 33.7 Å². The van der Waals surface area contributed by atoms with Crippen molar-refractivity contribution in [2.75, 3.05) is 26.3 Å². The zero-order chi connectivity index (χ0) is 30.0. The monoisotopic (exact) mass is 584 g/mol. The van der Waals surface area contributed by atoms with Crippen LogP contribution in [0.25, 0.3) is 0 Å². The molecule has 40 heavy (non-hydrogen) atoms. The summed E-state index contributed by atoms with van der Waals surface area (Å²) in [7, 11) is 0. The van der Waals surface area contributed by atoms with Gasteiger partial charge in [-0.2, -0.15) is 26.3 Å². The van der Waals surface area contributed by atoms with Gasteiger partial charge in [0.1, 0.15) is 11.5 Å². The van der Waals surface area contributed by atoms with Crippen molar-refractivity contribution in [1.82, 2.24) is 9.88 Å². The van der Waals surface area contributed by atoms with Gasteiger partial charge in [0.2, 0.25) is 0 Å². The molecule has 15 heteroatoms. The molecule has 0 aliphatic carbocycles. The first-order valence-corrected chi connectivity index (χ1v) is 12.1. The number of furan rings is 1. The number of halogens is 6. The van der Waals surface area contributed by atoms with Crippen LogP contribution in [0.15, 0.2) is 41.1 Å². The number of alkyl halides is 6. The minimum absolute atomic E-state index is 0.228. The van der Waals surface area contributed by atoms with E-state index in [1.54, 1.807) is 6.20 Å². The molecule has 4 rings (SSSR count). The number of carboxylic acid groups (broad SMARTS) is 2. The van der Waals surface area contributed by atoms with Gasteiger partial charge in [-0.25, -0.2) is 9.59 Å². The van der Waals surface area contributed by atoms with Crippen molar-refractivity contribution in [2.45, 2.75) is 57.8 Å². The van der Waals surface area contributed by atoms with Crippen molar-refractivity contribution in [1.29, 1.82) is 0 Å². The Morgan fingerprint density at radius 3 is 2.15 bits per heavy atom. The van der Waals surface area contributed by atoms with Crippen molar-refractivity contribution in [3.8, 4) is 0 Å². The molecule has 1 atom stereocenters. The molecular weight excluding hydrogens is 554 g/mol. The Balaban J connectivity index is 0.000000333. The van der Waals surface area contributed by atoms with E-state index in [-0.39, 0.29) is 6.10 Å². The summed E-state index contributed by atoms with van der Waals surface area (Å²) in [5.74, 6) is -3.45. The maximum atomic E-state index is 10.6. The standard InChI is InChI=1S/C21H28N2O3.2C2HF3O2/c1-17-4-5-19(26-17)13-23-9-6-21(7-10-23)11-20(25-16-21)15-24-14-18-3-2-8-22-12-18;2*3-2(4,5)1(6)7/h2-5,8,12,20H,6-7,9-11,13-16H2,1H3;2*(H,6,7). The molecule has 2 aliphatic heterocycles. The Hall–Kier alpha value is -3.17. The second kappa shape index (κ2) is 14.5. The molecule has 2 aromatic rings. The average Bonchev–Trinajstić information content (AvgIpc) is 3.46. The van der Waals surface area contributed by atoms with E-state index in [2.05, 4.69) is 16.0 Å². The number of rotatable bonds is 6. The number of aliphatic carboxylic acids is 2. The summed E-state index contributed by atoms with van der Waals surface area (Å²) in [6, 6.07) is 8.12. The summed E-state index contributed by atoms with van der Waals surface area (Å²) in [5.41, 5.74) is 1.46. The molecule has 0 bridgehead atoms. The van der Waals surface area contributed by atoms with Crippen LogP contribution in [0.1, 0.15) is 36.3 Å². The van der Waals surface area contributed by atoms with Crippen LogP contribution in [-0.4, -0.2) is 76.8 Å². The summed E-state index contributed by atoms with van der Waals surface area (Å²) >= 11 is 0. The molecule has 2 aliphatic rings. The number of hydrogen-bond acceptors (Lipinski definition) is 7. The van der Waals surface area contributed by atoms with Gasteiger partial charge in [-0.3, -0.25) is 9.88 Å². The highest BCUT2D eigenvalue weighted by Crippen LogP contribution is 2.42. The van der Waals surface area contributed by atoms with Gasteiger partial charge in [0.05, 0.1) is 32.5 Å². The molecule has 4 heterocycles. The third-order valence-corrected chi connectivity index (χ3v) is 6.16. The third kappa shape index (κ3) is 11.5. The van der Waals surface area contributed by atoms with Crippen molar-refractivity contribution in [3.63, 3.8) is 0 Å². The number of hydrogen-bond donors (Lipinski definition) is 2. The van der Waals surface area contributed by atoms with Crippen molar-refractivity contribution in [2.24, 2.45) is 5.41 Å². The number of piperidine rings is 1. The first-order valence-electron chi connectivity index (χ1n) is 12.1. The number of carbonyl (C=O) groups is 2. The van der Waals surface area contributed by atoms with E-state index in [0.717, 1.165) is 49.7 Å². The molecule has 2 N–H and O–H groups in total. The van der Waals surface area contributed by atoms with E-state index in [0.29, 0.717) is 18.6 Å². The Morgan fingerprint density at radius 2 is 1.68 bits per heavy atom. The molecule has 224 valence electrons. The number of aryl methyl sites for hydroxylation is 1. The molecular formula is C25H30F6N2O7. The topological polar surface area (TPSA) is 122 Å². The van der Waals surface area contributed by atoms with Gasteiger partial charge >= 0.3 is 24.3 Å². The largest absolute Gasteiger partial charge is 0.490 e. The van der Waals surface area contributed by atoms with Crippen LogP contribution >= 0.6 is 0 Å². The van der Waals surface area contributed by atoms with Crippen LogP contribution < -0.4 is 0 Å². The van der Waals surface area contributed by atoms with E-state index < -0.39 is 24.3 Å². The zero-order valence-electron chi connectivity index (χ0n) is 21.5. The summed E-state index contributed by atoms with van der Waals surface area (Å²) in [4.78, 5) is 24.4. The van der Waals surface area contributed by atoms with E-state index in [1.165, 1.54) is 12.8 Å². The van der Waals surface area contributed by atoms with Gasteiger partial charge in [-0.15, -0.1) is 0 Å². The van der Waals surface area contributed by atoms with E-state index in [9.17, 15) is 26.3 Å². The minimum Gasteiger partial charge on any atom is -0.475 e. The Labute approximate surface area is 225 Å². The number of carboxylic acids is 2. The molecule has 9 nitrogen and oxygen atoms in total. The number of ether oxygens (including phenoxy) is 2. The molecule has 1 spiro atoms. The van der Waals surface area contributed by atoms with Crippen LogP contribution in [0.3, 0.4) is 0 Å². The van der Waals surface area contributed by atoms with Gasteiger partial charge in [-0.1, -0.05) is 6.07 Å². The summed E-state index contributed by atoms with van der Waals surface area (Å²) in [6.07, 6.45) is -2.78. The summed E-state index contributed by atoms with van der Waals surface area (Å²) < 4.78 is 81.1. The Bertz CT molecular complexity index is 1040. The average molecular weight is 585 g/mol. The minimum atomic E-state index is -5.08. The number of nitrogens with zero attached hydrogens (tertiary/aromatic N) is 2. The SMILES string of the molecule is Cc1ccc(CN2CCC3(CC2)COC(COCc2cccnc2)C3)o1.O=C(O)C(F)(F)F.O=C(O)C(F)(F)F.